The van der Waals surface area contributed by atoms with Crippen molar-refractivity contribution in [3.8, 4) is 0 Å². The highest BCUT2D eigenvalue weighted by atomic mass is 16.5. The third-order valence-electron chi connectivity index (χ3n) is 6.96. The molecular weight excluding hydrogens is 376 g/mol. The quantitative estimate of drug-likeness (QED) is 0.579. The molecule has 3 atom stereocenters. The van der Waals surface area contributed by atoms with Crippen molar-refractivity contribution in [1.82, 2.24) is 10.6 Å². The molecule has 29 heavy (non-hydrogen) atoms. The number of rotatable bonds is 6. The van der Waals surface area contributed by atoms with Gasteiger partial charge in [0.25, 0.3) is 0 Å². The first-order valence-corrected chi connectivity index (χ1v) is 10.6. The second-order valence-electron chi connectivity index (χ2n) is 9.21. The maximum atomic E-state index is 13.1. The van der Waals surface area contributed by atoms with Gasteiger partial charge < -0.3 is 25.2 Å². The number of carbonyl (C=O) groups excluding carboxylic acids is 3. The van der Waals surface area contributed by atoms with Crippen LogP contribution in [0.25, 0.3) is 0 Å². The highest BCUT2D eigenvalue weighted by molar-refractivity contribution is 5.95. The number of nitrogens with one attached hydrogen (secondary N) is 2. The predicted octanol–water partition coefficient (Wildman–Crippen LogP) is 1.77. The normalized spacial score (nSPS) is 37.8. The van der Waals surface area contributed by atoms with E-state index in [1.54, 1.807) is 6.92 Å². The number of esters is 2. The fourth-order valence-electron chi connectivity index (χ4n) is 6.32. The van der Waals surface area contributed by atoms with Crippen LogP contribution >= 0.6 is 0 Å². The number of carbonyl (C=O) groups is 3. The lowest BCUT2D eigenvalue weighted by atomic mass is 9.48. The van der Waals surface area contributed by atoms with Crippen LogP contribution in [0.3, 0.4) is 0 Å². The van der Waals surface area contributed by atoms with Crippen LogP contribution in [-0.2, 0) is 19.1 Å². The van der Waals surface area contributed by atoms with Gasteiger partial charge in [-0.1, -0.05) is 6.92 Å². The van der Waals surface area contributed by atoms with Crippen LogP contribution in [0.5, 0.6) is 0 Å². The lowest BCUT2D eigenvalue weighted by Gasteiger charge is -2.58. The zero-order valence-electron chi connectivity index (χ0n) is 17.1. The summed E-state index contributed by atoms with van der Waals surface area (Å²) in [4.78, 5) is 37.6. The summed E-state index contributed by atoms with van der Waals surface area (Å²) in [6.07, 6.45) is 5.09. The van der Waals surface area contributed by atoms with Crippen molar-refractivity contribution in [2.75, 3.05) is 13.2 Å². The Hall–Kier alpha value is -2.09. The Morgan fingerprint density at radius 2 is 1.83 bits per heavy atom. The van der Waals surface area contributed by atoms with E-state index in [9.17, 15) is 19.5 Å². The summed E-state index contributed by atoms with van der Waals surface area (Å²) in [7, 11) is 0. The highest BCUT2D eigenvalue weighted by Gasteiger charge is 2.61. The first-order chi connectivity index (χ1) is 13.8. The molecule has 4 aliphatic carbocycles. The van der Waals surface area contributed by atoms with Gasteiger partial charge in [-0.25, -0.2) is 9.59 Å². The van der Waals surface area contributed by atoms with Gasteiger partial charge >= 0.3 is 18.0 Å². The summed E-state index contributed by atoms with van der Waals surface area (Å²) >= 11 is 0. The second kappa shape index (κ2) is 7.31. The molecule has 0 aromatic rings. The molecule has 0 aromatic carbocycles. The maximum Gasteiger partial charge on any atom is 0.338 e. The molecule has 8 nitrogen and oxygen atoms in total. The molecular formula is C21H30N2O6. The summed E-state index contributed by atoms with van der Waals surface area (Å²) in [6.45, 7) is 3.59. The Labute approximate surface area is 170 Å². The van der Waals surface area contributed by atoms with Gasteiger partial charge in [0.1, 0.15) is 6.61 Å². The molecule has 1 heterocycles. The summed E-state index contributed by atoms with van der Waals surface area (Å²) < 4.78 is 10.8. The predicted molar refractivity (Wildman–Crippen MR) is 102 cm³/mol. The van der Waals surface area contributed by atoms with Gasteiger partial charge in [0.2, 0.25) is 0 Å². The Balaban J connectivity index is 1.52. The van der Waals surface area contributed by atoms with Crippen molar-refractivity contribution in [2.24, 2.45) is 17.3 Å². The van der Waals surface area contributed by atoms with Gasteiger partial charge in [-0.05, 0) is 63.7 Å². The van der Waals surface area contributed by atoms with Gasteiger partial charge in [-0.15, -0.1) is 0 Å². The average molecular weight is 406 g/mol. The third kappa shape index (κ3) is 3.63. The van der Waals surface area contributed by atoms with E-state index in [0.717, 1.165) is 32.1 Å². The zero-order valence-corrected chi connectivity index (χ0v) is 17.1. The van der Waals surface area contributed by atoms with E-state index in [1.165, 1.54) is 0 Å². The molecule has 5 rings (SSSR count). The molecule has 4 fully saturated rings. The highest BCUT2D eigenvalue weighted by Crippen LogP contribution is 2.62. The topological polar surface area (TPSA) is 114 Å². The van der Waals surface area contributed by atoms with Gasteiger partial charge in [-0.2, -0.15) is 0 Å². The van der Waals surface area contributed by atoms with Crippen molar-refractivity contribution < 1.29 is 29.0 Å². The molecule has 0 saturated heterocycles. The fraction of sp³-hybridized carbons (Fsp3) is 0.762. The molecule has 160 valence electrons. The molecule has 0 aromatic heterocycles. The van der Waals surface area contributed by atoms with Crippen LogP contribution in [0.1, 0.15) is 58.8 Å². The smallest absolute Gasteiger partial charge is 0.338 e. The molecule has 3 N–H and O–H groups in total. The van der Waals surface area contributed by atoms with Gasteiger partial charge in [0.05, 0.1) is 34.9 Å². The third-order valence-corrected chi connectivity index (χ3v) is 6.96. The number of amides is 2. The van der Waals surface area contributed by atoms with Crippen molar-refractivity contribution in [2.45, 2.75) is 70.4 Å². The average Bonchev–Trinajstić information content (AvgIpc) is 2.63. The van der Waals surface area contributed by atoms with E-state index in [-0.39, 0.29) is 24.9 Å². The number of urea groups is 1. The first kappa shape index (κ1) is 20.2. The second-order valence-corrected chi connectivity index (χ2v) is 9.21. The van der Waals surface area contributed by atoms with Crippen LogP contribution in [0, 0.1) is 17.3 Å². The van der Waals surface area contributed by atoms with Crippen molar-refractivity contribution in [3.63, 3.8) is 0 Å². The van der Waals surface area contributed by atoms with Crippen molar-refractivity contribution in [1.29, 1.82) is 0 Å². The molecule has 0 radical (unpaired) electrons. The Morgan fingerprint density at radius 1 is 1.14 bits per heavy atom. The van der Waals surface area contributed by atoms with Gasteiger partial charge in [0.15, 0.2) is 0 Å². The molecule has 1 aliphatic heterocycles. The zero-order chi connectivity index (χ0) is 20.8. The van der Waals surface area contributed by atoms with E-state index in [0.29, 0.717) is 30.3 Å². The lowest BCUT2D eigenvalue weighted by Crippen LogP contribution is -2.58. The SMILES string of the molecule is CCOC(=O)C1=C(COC(=O)C23C[C@@H]4C[C@H](CC(O)(C4)C2)C3)NC(=O)N[C@@H]1CC. The van der Waals surface area contributed by atoms with Crippen LogP contribution in [0.15, 0.2) is 11.3 Å². The fourth-order valence-corrected chi connectivity index (χ4v) is 6.32. The molecule has 0 spiro atoms. The molecule has 0 unspecified atom stereocenters. The number of aliphatic hydroxyl groups is 1. The summed E-state index contributed by atoms with van der Waals surface area (Å²) in [5, 5.41) is 16.2. The van der Waals surface area contributed by atoms with Crippen LogP contribution in [-0.4, -0.2) is 47.9 Å². The standard InChI is InChI=1S/C21H30N2O6/c1-3-14-16(17(24)28-4-2)15(23-19(26)22-14)10-29-18(25)20-6-12-5-13(7-20)9-21(27,8-12)11-20/h12-14,27H,3-11H2,1-2H3,(H2,22,23,26)/t12-,13-,14+,20?,21?/m0/s1. The summed E-state index contributed by atoms with van der Waals surface area (Å²) in [5.41, 5.74) is -0.832. The van der Waals surface area contributed by atoms with E-state index in [4.69, 9.17) is 9.47 Å². The van der Waals surface area contributed by atoms with E-state index in [2.05, 4.69) is 10.6 Å². The minimum absolute atomic E-state index is 0.188. The molecule has 5 aliphatic rings. The van der Waals surface area contributed by atoms with Crippen LogP contribution in [0.2, 0.25) is 0 Å². The van der Waals surface area contributed by atoms with Gasteiger partial charge in [0, 0.05) is 0 Å². The summed E-state index contributed by atoms with van der Waals surface area (Å²) in [5.74, 6) is -0.124. The molecule has 2 amide bonds. The van der Waals surface area contributed by atoms with Crippen molar-refractivity contribution >= 4 is 18.0 Å². The monoisotopic (exact) mass is 406 g/mol. The van der Waals surface area contributed by atoms with E-state index in [1.807, 2.05) is 6.92 Å². The van der Waals surface area contributed by atoms with Gasteiger partial charge in [-0.3, -0.25) is 4.79 Å². The maximum absolute atomic E-state index is 13.1. The van der Waals surface area contributed by atoms with E-state index >= 15 is 0 Å². The Morgan fingerprint density at radius 3 is 2.41 bits per heavy atom. The molecule has 4 bridgehead atoms. The molecule has 8 heteroatoms. The van der Waals surface area contributed by atoms with Crippen molar-refractivity contribution in [3.05, 3.63) is 11.3 Å². The lowest BCUT2D eigenvalue weighted by molar-refractivity contribution is -0.195. The number of hydrogen-bond acceptors (Lipinski definition) is 6. The van der Waals surface area contributed by atoms with Crippen LogP contribution in [0.4, 0.5) is 4.79 Å². The Bertz CT molecular complexity index is 746. The number of ether oxygens (including phenoxy) is 2. The minimum atomic E-state index is -0.755. The van der Waals surface area contributed by atoms with Crippen LogP contribution < -0.4 is 10.6 Å². The van der Waals surface area contributed by atoms with E-state index < -0.39 is 29.1 Å². The summed E-state index contributed by atoms with van der Waals surface area (Å²) in [6, 6.07) is -0.920. The molecule has 4 saturated carbocycles. The number of hydrogen-bond donors (Lipinski definition) is 3. The Kier molecular flexibility index (Phi) is 5.09. The largest absolute Gasteiger partial charge is 0.463 e. The minimum Gasteiger partial charge on any atom is -0.463 e. The first-order valence-electron chi connectivity index (χ1n) is 10.6.